The van der Waals surface area contributed by atoms with Crippen LogP contribution in [-0.2, 0) is 40.1 Å². The van der Waals surface area contributed by atoms with E-state index in [1.165, 1.54) is 40.0 Å². The van der Waals surface area contributed by atoms with Crippen LogP contribution in [0.15, 0.2) is 145 Å². The molecule has 0 saturated carbocycles. The predicted octanol–water partition coefficient (Wildman–Crippen LogP) is 9.28. The Kier molecular flexibility index (Phi) is 17.9. The molecule has 3 heterocycles. The Balaban J connectivity index is 0.00000260. The molecule has 386 valence electrons. The first kappa shape index (κ1) is 53.9. The third-order valence-electron chi connectivity index (χ3n) is 14.2. The van der Waals surface area contributed by atoms with Crippen LogP contribution in [0.1, 0.15) is 121 Å². The molecule has 5 aromatic carbocycles. The summed E-state index contributed by atoms with van der Waals surface area (Å²) in [6.45, 7) is 11.4. The molecule has 3 aliphatic rings. The van der Waals surface area contributed by atoms with Crippen LogP contribution in [0.3, 0.4) is 0 Å². The summed E-state index contributed by atoms with van der Waals surface area (Å²) in [5, 5.41) is 35.2. The van der Waals surface area contributed by atoms with Gasteiger partial charge in [-0.05, 0) is 92.5 Å². The number of carbonyl (C=O) groups is 4. The Morgan fingerprint density at radius 3 is 2.18 bits per heavy atom. The summed E-state index contributed by atoms with van der Waals surface area (Å²) in [6, 6.07) is 34.7. The van der Waals surface area contributed by atoms with Crippen LogP contribution >= 0.6 is 0 Å². The Morgan fingerprint density at radius 1 is 0.743 bits per heavy atom. The van der Waals surface area contributed by atoms with Crippen molar-refractivity contribution in [1.82, 2.24) is 15.5 Å². The highest BCUT2D eigenvalue weighted by atomic mass is 16.5. The summed E-state index contributed by atoms with van der Waals surface area (Å²) in [6.07, 6.45) is 16.7. The standard InChI is InChI=1S/C60H67N5O6.CH2O2/c1-59(2)47-24-15-17-26-49(47)63(5)53(59)28-12-7-13-29-54-60(3,4)48-25-16-18-27-50(48)65(54)35-21-8-14-30-55(68)61-33-19-9-20-34-62-57(69)43-31-32-44-39-64(40-45(44)36-43)58(70)56-51(67)37-46(66)38-52(56)71-41-42-22-10-6-11-23-42;2-1-3/h6-7,10-13,15-18,22-29,31-32,36-38H,8-9,14,19-21,30,33-35,39-41H2,1-5H3,(H3-,61,62,66,67,68,69,70);1H,(H,2,3). The maximum absolute atomic E-state index is 13.7. The van der Waals surface area contributed by atoms with E-state index in [1.54, 1.807) is 11.0 Å². The number of para-hydroxylation sites is 2. The summed E-state index contributed by atoms with van der Waals surface area (Å²) in [4.78, 5) is 51.7. The molecule has 5 aromatic rings. The van der Waals surface area contributed by atoms with E-state index >= 15 is 0 Å². The number of ether oxygens (including phenoxy) is 1. The summed E-state index contributed by atoms with van der Waals surface area (Å²) in [5.74, 6) is -1.04. The molecule has 8 rings (SSSR count). The Hall–Kier alpha value is -7.93. The van der Waals surface area contributed by atoms with Gasteiger partial charge >= 0.3 is 0 Å². The number of carboxylic acid groups (broad SMARTS) is 1. The molecule has 13 nitrogen and oxygen atoms in total. The van der Waals surface area contributed by atoms with E-state index in [0.717, 1.165) is 67.8 Å². The van der Waals surface area contributed by atoms with Crippen LogP contribution in [0.25, 0.3) is 0 Å². The minimum absolute atomic E-state index is 0.0247. The lowest BCUT2D eigenvalue weighted by molar-refractivity contribution is -0.438. The molecular weight excluding hydrogens is 931 g/mol. The van der Waals surface area contributed by atoms with Gasteiger partial charge in [-0.2, -0.15) is 4.58 Å². The van der Waals surface area contributed by atoms with Crippen molar-refractivity contribution in [3.8, 4) is 17.2 Å². The van der Waals surface area contributed by atoms with Crippen molar-refractivity contribution in [3.63, 3.8) is 0 Å². The molecular formula is C61H69N5O8. The van der Waals surface area contributed by atoms with Crippen LogP contribution in [0.5, 0.6) is 17.2 Å². The highest BCUT2D eigenvalue weighted by Gasteiger charge is 2.44. The van der Waals surface area contributed by atoms with E-state index in [9.17, 15) is 24.6 Å². The van der Waals surface area contributed by atoms with Crippen LogP contribution in [0.2, 0.25) is 0 Å². The second-order valence-corrected chi connectivity index (χ2v) is 20.0. The van der Waals surface area contributed by atoms with E-state index in [0.29, 0.717) is 31.6 Å². The van der Waals surface area contributed by atoms with E-state index in [1.807, 2.05) is 42.5 Å². The molecule has 3 amide bonds. The van der Waals surface area contributed by atoms with Gasteiger partial charge in [-0.3, -0.25) is 14.4 Å². The van der Waals surface area contributed by atoms with E-state index in [2.05, 4.69) is 134 Å². The molecule has 0 aromatic heterocycles. The number of phenols is 2. The van der Waals surface area contributed by atoms with Crippen LogP contribution in [-0.4, -0.2) is 76.3 Å². The zero-order valence-corrected chi connectivity index (χ0v) is 43.2. The van der Waals surface area contributed by atoms with Gasteiger partial charge < -0.3 is 45.3 Å². The first-order valence-electron chi connectivity index (χ1n) is 25.5. The van der Waals surface area contributed by atoms with Gasteiger partial charge in [0.15, 0.2) is 5.71 Å². The van der Waals surface area contributed by atoms with E-state index in [-0.39, 0.29) is 58.6 Å². The van der Waals surface area contributed by atoms with Crippen molar-refractivity contribution in [1.29, 1.82) is 0 Å². The molecule has 13 heteroatoms. The average Bonchev–Trinajstić information content (AvgIpc) is 3.97. The highest BCUT2D eigenvalue weighted by Crippen LogP contribution is 2.47. The lowest BCUT2D eigenvalue weighted by atomic mass is 9.81. The predicted molar refractivity (Wildman–Crippen MR) is 288 cm³/mol. The first-order chi connectivity index (χ1) is 35.6. The minimum Gasteiger partial charge on any atom is -0.554 e. The maximum Gasteiger partial charge on any atom is 0.262 e. The SMILES string of the molecule is CN1/C(=C/C=C/C=C/C2=[N+](CCCCCC(=O)NCCCCCNC(=O)c3ccc4c(c3)CN(C(=O)c3c(O)cc(O)cc3OCc3ccccc3)C4)c3ccccc3C2(C)C)C(C)(C)c2ccccc21.O=C[O-]. The zero-order chi connectivity index (χ0) is 52.8. The fraction of sp³-hybridized carbons (Fsp3) is 0.328. The highest BCUT2D eigenvalue weighted by molar-refractivity contribution is 6.03. The molecule has 0 radical (unpaired) electrons. The fourth-order valence-corrected chi connectivity index (χ4v) is 10.3. The number of phenolic OH excluding ortho intramolecular Hbond substituents is 2. The van der Waals surface area contributed by atoms with Gasteiger partial charge in [0.1, 0.15) is 36.0 Å². The molecule has 0 fully saturated rings. The zero-order valence-electron chi connectivity index (χ0n) is 43.2. The Labute approximate surface area is 435 Å². The number of nitrogens with zero attached hydrogens (tertiary/aromatic N) is 3. The van der Waals surface area contributed by atoms with Crippen molar-refractivity contribution in [2.45, 2.75) is 103 Å². The molecule has 0 saturated heterocycles. The number of hydrogen-bond donors (Lipinski definition) is 4. The number of anilines is 1. The lowest BCUT2D eigenvalue weighted by Crippen LogP contribution is -2.28. The van der Waals surface area contributed by atoms with E-state index < -0.39 is 12.4 Å². The van der Waals surface area contributed by atoms with Crippen LogP contribution < -0.4 is 25.4 Å². The number of fused-ring (bicyclic) bond motifs is 3. The first-order valence-corrected chi connectivity index (χ1v) is 25.5. The number of rotatable bonds is 20. The van der Waals surface area contributed by atoms with Crippen molar-refractivity contribution >= 4 is 41.3 Å². The van der Waals surface area contributed by atoms with Gasteiger partial charge in [0, 0.05) is 105 Å². The second kappa shape index (κ2) is 24.7. The summed E-state index contributed by atoms with van der Waals surface area (Å²) in [7, 11) is 2.15. The molecule has 0 bridgehead atoms. The summed E-state index contributed by atoms with van der Waals surface area (Å²) in [5.41, 5.74) is 10.7. The number of unbranched alkanes of at least 4 members (excludes halogenated alkanes) is 4. The molecule has 0 unspecified atom stereocenters. The number of nitrogens with one attached hydrogen (secondary N) is 2. The number of hydrogen-bond acceptors (Lipinski definition) is 9. The number of benzene rings is 5. The maximum atomic E-state index is 13.7. The third-order valence-corrected chi connectivity index (χ3v) is 14.2. The van der Waals surface area contributed by atoms with Crippen molar-refractivity contribution in [2.75, 3.05) is 31.6 Å². The smallest absolute Gasteiger partial charge is 0.262 e. The monoisotopic (exact) mass is 1000 g/mol. The van der Waals surface area contributed by atoms with Crippen molar-refractivity contribution < 1.29 is 43.8 Å². The number of carbonyl (C=O) groups excluding carboxylic acids is 4. The molecule has 4 N–H and O–H groups in total. The largest absolute Gasteiger partial charge is 0.554 e. The van der Waals surface area contributed by atoms with Gasteiger partial charge in [0.25, 0.3) is 11.8 Å². The number of likely N-dealkylation sites (N-methyl/N-ethyl adjacent to an activating group) is 1. The van der Waals surface area contributed by atoms with Gasteiger partial charge in [-0.1, -0.05) is 105 Å². The average molecular weight is 1000 g/mol. The van der Waals surface area contributed by atoms with Crippen molar-refractivity contribution in [3.05, 3.63) is 184 Å². The second-order valence-electron chi connectivity index (χ2n) is 20.0. The topological polar surface area (TPSA) is 175 Å². The van der Waals surface area contributed by atoms with Gasteiger partial charge in [0.05, 0.1) is 5.41 Å². The Bertz CT molecular complexity index is 2950. The molecule has 0 aliphatic carbocycles. The lowest BCUT2D eigenvalue weighted by Gasteiger charge is -2.23. The van der Waals surface area contributed by atoms with Gasteiger partial charge in [0.2, 0.25) is 11.6 Å². The van der Waals surface area contributed by atoms with Crippen molar-refractivity contribution in [2.24, 2.45) is 0 Å². The number of allylic oxidation sites excluding steroid dienone is 6. The number of amides is 3. The quantitative estimate of drug-likeness (QED) is 0.0257. The minimum atomic E-state index is -0.500. The molecule has 74 heavy (non-hydrogen) atoms. The molecule has 0 spiro atoms. The fourth-order valence-electron chi connectivity index (χ4n) is 10.3. The summed E-state index contributed by atoms with van der Waals surface area (Å²) < 4.78 is 8.37. The van der Waals surface area contributed by atoms with Gasteiger partial charge in [-0.25, -0.2) is 0 Å². The van der Waals surface area contributed by atoms with Gasteiger partial charge in [-0.15, -0.1) is 0 Å². The van der Waals surface area contributed by atoms with Crippen LogP contribution in [0, 0.1) is 0 Å². The van der Waals surface area contributed by atoms with Crippen LogP contribution in [0.4, 0.5) is 11.4 Å². The molecule has 0 atom stereocenters. The van der Waals surface area contributed by atoms with E-state index in [4.69, 9.17) is 14.6 Å². The Morgan fingerprint density at radius 2 is 1.42 bits per heavy atom. The normalized spacial score (nSPS) is 15.4. The number of aromatic hydroxyl groups is 2. The summed E-state index contributed by atoms with van der Waals surface area (Å²) >= 11 is 0. The third kappa shape index (κ3) is 12.6. The molecule has 3 aliphatic heterocycles.